The van der Waals surface area contributed by atoms with Gasteiger partial charge in [0.15, 0.2) is 0 Å². The summed E-state index contributed by atoms with van der Waals surface area (Å²) in [5.74, 6) is 3.22. The third kappa shape index (κ3) is 3.45. The normalized spacial score (nSPS) is 15.0. The van der Waals surface area contributed by atoms with Gasteiger partial charge in [0, 0.05) is 6.07 Å². The van der Waals surface area contributed by atoms with Crippen LogP contribution in [0.4, 0.5) is 0 Å². The quantitative estimate of drug-likeness (QED) is 0.806. The molecule has 0 saturated heterocycles. The second-order valence-electron chi connectivity index (χ2n) is 5.05. The fraction of sp³-hybridized carbons (Fsp3) is 0.333. The summed E-state index contributed by atoms with van der Waals surface area (Å²) in [6, 6.07) is 5.84. The molecule has 0 atom stereocenters. The maximum absolute atomic E-state index is 5.51. The van der Waals surface area contributed by atoms with Crippen molar-refractivity contribution in [2.45, 2.75) is 6.42 Å². The fourth-order valence-corrected chi connectivity index (χ4v) is 2.57. The molecule has 0 aromatic heterocycles. The van der Waals surface area contributed by atoms with E-state index >= 15 is 0 Å². The maximum atomic E-state index is 5.51. The molecule has 1 aliphatic rings. The summed E-state index contributed by atoms with van der Waals surface area (Å²) >= 11 is 0. The zero-order valence-corrected chi connectivity index (χ0v) is 13.5. The lowest BCUT2D eigenvalue weighted by Crippen LogP contribution is -2.17. The number of hydrogen-bond donors (Lipinski definition) is 0. The van der Waals surface area contributed by atoms with Crippen molar-refractivity contribution in [2.75, 3.05) is 28.4 Å². The van der Waals surface area contributed by atoms with E-state index in [1.807, 2.05) is 30.4 Å². The van der Waals surface area contributed by atoms with Crippen molar-refractivity contribution in [2.24, 2.45) is 5.92 Å². The van der Waals surface area contributed by atoms with Crippen LogP contribution in [-0.2, 0) is 15.9 Å². The van der Waals surface area contributed by atoms with E-state index in [0.29, 0.717) is 0 Å². The van der Waals surface area contributed by atoms with E-state index < -0.39 is 0 Å². The van der Waals surface area contributed by atoms with Crippen molar-refractivity contribution in [1.29, 1.82) is 0 Å². The Morgan fingerprint density at radius 3 is 1.73 bits per heavy atom. The first-order valence-electron chi connectivity index (χ1n) is 7.03. The Kier molecular flexibility index (Phi) is 5.15. The van der Waals surface area contributed by atoms with Crippen LogP contribution < -0.4 is 9.47 Å². The maximum Gasteiger partial charge on any atom is 0.122 e. The molecule has 118 valence electrons. The van der Waals surface area contributed by atoms with Crippen LogP contribution in [0.3, 0.4) is 0 Å². The molecule has 0 fully saturated rings. The summed E-state index contributed by atoms with van der Waals surface area (Å²) in [6.07, 6.45) is 4.59. The number of allylic oxidation sites excluding steroid dienone is 3. The summed E-state index contributed by atoms with van der Waals surface area (Å²) in [7, 11) is 6.61. The summed E-state index contributed by atoms with van der Waals surface area (Å²) in [5.41, 5.74) is 1.95. The molecule has 1 aromatic rings. The van der Waals surface area contributed by atoms with E-state index in [0.717, 1.165) is 40.6 Å². The molecular weight excluding hydrogens is 280 g/mol. The van der Waals surface area contributed by atoms with Crippen molar-refractivity contribution < 1.29 is 18.9 Å². The highest BCUT2D eigenvalue weighted by atomic mass is 16.5. The van der Waals surface area contributed by atoms with Gasteiger partial charge in [-0.2, -0.15) is 0 Å². The third-order valence-electron chi connectivity index (χ3n) is 3.66. The van der Waals surface area contributed by atoms with Gasteiger partial charge in [0.2, 0.25) is 0 Å². The Labute approximate surface area is 131 Å². The van der Waals surface area contributed by atoms with Gasteiger partial charge in [-0.25, -0.2) is 0 Å². The molecule has 0 heterocycles. The first kappa shape index (κ1) is 16.0. The van der Waals surface area contributed by atoms with Crippen molar-refractivity contribution in [3.05, 3.63) is 59.6 Å². The molecule has 1 aromatic carbocycles. The highest BCUT2D eigenvalue weighted by Crippen LogP contribution is 2.33. The van der Waals surface area contributed by atoms with Crippen molar-refractivity contribution in [3.8, 4) is 11.5 Å². The zero-order chi connectivity index (χ0) is 16.1. The monoisotopic (exact) mass is 302 g/mol. The molecule has 22 heavy (non-hydrogen) atoms. The molecule has 2 rings (SSSR count). The minimum Gasteiger partial charge on any atom is -0.500 e. The molecule has 0 N–H and O–H groups in total. The van der Waals surface area contributed by atoms with E-state index in [1.54, 1.807) is 28.4 Å². The van der Waals surface area contributed by atoms with Gasteiger partial charge in [-0.3, -0.25) is 0 Å². The Morgan fingerprint density at radius 1 is 0.818 bits per heavy atom. The van der Waals surface area contributed by atoms with Crippen LogP contribution in [0.2, 0.25) is 0 Å². The van der Waals surface area contributed by atoms with Crippen molar-refractivity contribution in [3.63, 3.8) is 0 Å². The fourth-order valence-electron chi connectivity index (χ4n) is 2.57. The molecule has 0 saturated carbocycles. The zero-order valence-electron chi connectivity index (χ0n) is 13.5. The number of benzene rings is 1. The smallest absolute Gasteiger partial charge is 0.122 e. The first-order valence-corrected chi connectivity index (χ1v) is 7.03. The molecule has 0 amide bonds. The third-order valence-corrected chi connectivity index (χ3v) is 3.66. The average Bonchev–Trinajstić information content (AvgIpc) is 2.55. The standard InChI is InChI=1S/C18H22O4/c1-12-6-17(21-4)16(18(7-12)22-5)10-13-8-14(19-2)11-15(9-13)20-3/h6-9,11,16H,1,10H2,2-5H3. The van der Waals surface area contributed by atoms with E-state index in [2.05, 4.69) is 6.58 Å². The lowest BCUT2D eigenvalue weighted by molar-refractivity contribution is 0.191. The van der Waals surface area contributed by atoms with Gasteiger partial charge in [-0.1, -0.05) is 6.58 Å². The van der Waals surface area contributed by atoms with E-state index in [-0.39, 0.29) is 5.92 Å². The van der Waals surface area contributed by atoms with E-state index in [1.165, 1.54) is 0 Å². The summed E-state index contributed by atoms with van der Waals surface area (Å²) in [4.78, 5) is 0. The molecule has 4 nitrogen and oxygen atoms in total. The average molecular weight is 302 g/mol. The molecule has 4 heteroatoms. The van der Waals surface area contributed by atoms with Crippen LogP contribution in [0.25, 0.3) is 0 Å². The van der Waals surface area contributed by atoms with Crippen molar-refractivity contribution in [1.82, 2.24) is 0 Å². The largest absolute Gasteiger partial charge is 0.500 e. The Bertz CT molecular complexity index is 567. The molecule has 1 aliphatic carbocycles. The van der Waals surface area contributed by atoms with Gasteiger partial charge in [0.1, 0.15) is 23.0 Å². The van der Waals surface area contributed by atoms with Gasteiger partial charge >= 0.3 is 0 Å². The molecule has 0 unspecified atom stereocenters. The molecule has 0 aliphatic heterocycles. The topological polar surface area (TPSA) is 36.9 Å². The summed E-state index contributed by atoms with van der Waals surface area (Å²) in [5, 5.41) is 0. The van der Waals surface area contributed by atoms with Gasteiger partial charge in [0.05, 0.1) is 34.4 Å². The first-order chi connectivity index (χ1) is 10.6. The molecule has 0 radical (unpaired) electrons. The molecule has 0 bridgehead atoms. The lowest BCUT2D eigenvalue weighted by atomic mass is 9.90. The van der Waals surface area contributed by atoms with E-state index in [4.69, 9.17) is 18.9 Å². The van der Waals surface area contributed by atoms with Gasteiger partial charge in [-0.05, 0) is 41.8 Å². The minimum absolute atomic E-state index is 0.0114. The highest BCUT2D eigenvalue weighted by molar-refractivity contribution is 5.42. The van der Waals surface area contributed by atoms with Crippen molar-refractivity contribution >= 4 is 0 Å². The van der Waals surface area contributed by atoms with Crippen LogP contribution in [0.5, 0.6) is 11.5 Å². The van der Waals surface area contributed by atoms with Crippen LogP contribution in [0, 0.1) is 5.92 Å². The number of ether oxygens (including phenoxy) is 4. The van der Waals surface area contributed by atoms with Crippen LogP contribution in [0.1, 0.15) is 5.56 Å². The second kappa shape index (κ2) is 7.07. The van der Waals surface area contributed by atoms with Gasteiger partial charge < -0.3 is 18.9 Å². The van der Waals surface area contributed by atoms with Crippen LogP contribution in [0.15, 0.2) is 54.0 Å². The van der Waals surface area contributed by atoms with E-state index in [9.17, 15) is 0 Å². The Morgan fingerprint density at radius 2 is 1.32 bits per heavy atom. The summed E-state index contributed by atoms with van der Waals surface area (Å²) < 4.78 is 21.7. The number of hydrogen-bond acceptors (Lipinski definition) is 4. The highest BCUT2D eigenvalue weighted by Gasteiger charge is 2.25. The van der Waals surface area contributed by atoms with Gasteiger partial charge in [0.25, 0.3) is 0 Å². The van der Waals surface area contributed by atoms with Gasteiger partial charge in [-0.15, -0.1) is 0 Å². The predicted molar refractivity (Wildman–Crippen MR) is 86.1 cm³/mol. The Hall–Kier alpha value is -2.36. The second-order valence-corrected chi connectivity index (χ2v) is 5.05. The molecule has 0 spiro atoms. The number of methoxy groups -OCH3 is 4. The SMILES string of the molecule is C=C1C=C(OC)C(Cc2cc(OC)cc(OC)c2)C(OC)=C1. The Balaban J connectivity index is 2.33. The predicted octanol–water partition coefficient (Wildman–Crippen LogP) is 3.49. The van der Waals surface area contributed by atoms with Crippen LogP contribution in [-0.4, -0.2) is 28.4 Å². The lowest BCUT2D eigenvalue weighted by Gasteiger charge is -2.25. The molecular formula is C18H22O4. The van der Waals surface area contributed by atoms with Crippen LogP contribution >= 0.6 is 0 Å². The summed E-state index contributed by atoms with van der Waals surface area (Å²) in [6.45, 7) is 3.95. The minimum atomic E-state index is 0.0114. The number of rotatable bonds is 6.